The Hall–Kier alpha value is -3.48. The van der Waals surface area contributed by atoms with Crippen LogP contribution < -0.4 is 4.90 Å². The Balaban J connectivity index is 1.22. The van der Waals surface area contributed by atoms with Gasteiger partial charge in [-0.05, 0) is 54.5 Å². The van der Waals surface area contributed by atoms with Crippen molar-refractivity contribution < 1.29 is 14.2 Å². The summed E-state index contributed by atoms with van der Waals surface area (Å²) in [5.74, 6) is 0.586. The minimum absolute atomic E-state index is 0.121. The van der Waals surface area contributed by atoms with Gasteiger partial charge in [0.15, 0.2) is 0 Å². The quantitative estimate of drug-likeness (QED) is 0.173. The molecule has 2 aliphatic rings. The Kier molecular flexibility index (Phi) is 10.4. The summed E-state index contributed by atoms with van der Waals surface area (Å²) in [6.07, 6.45) is 0.740. The first kappa shape index (κ1) is 30.5. The number of nitrogens with zero attached hydrogens (tertiary/aromatic N) is 2. The number of likely N-dealkylation sites (tertiary alicyclic amines) is 1. The van der Waals surface area contributed by atoms with Crippen LogP contribution in [0.5, 0.6) is 0 Å². The zero-order valence-electron chi connectivity index (χ0n) is 26.1. The van der Waals surface area contributed by atoms with Gasteiger partial charge in [-0.1, -0.05) is 109 Å². The molecule has 6 rings (SSSR count). The molecular weight excluding hydrogens is 544 g/mol. The minimum atomic E-state index is -0.194. The van der Waals surface area contributed by atoms with Crippen LogP contribution in [0.4, 0.5) is 5.69 Å². The van der Waals surface area contributed by atoms with E-state index in [4.69, 9.17) is 14.2 Å². The number of ether oxygens (including phenoxy) is 3. The second-order valence-corrected chi connectivity index (χ2v) is 12.4. The number of piperidine rings is 1. The van der Waals surface area contributed by atoms with Crippen LogP contribution in [0.1, 0.15) is 35.6 Å². The Labute approximate surface area is 263 Å². The molecular formula is C39H46N2O3. The molecule has 0 N–H and O–H groups in total. The molecule has 0 bridgehead atoms. The third-order valence-electron chi connectivity index (χ3n) is 9.27. The second kappa shape index (κ2) is 15.0. The molecule has 0 amide bonds. The van der Waals surface area contributed by atoms with Crippen molar-refractivity contribution in [3.8, 4) is 0 Å². The molecule has 2 aliphatic heterocycles. The number of para-hydroxylation sites is 1. The molecule has 2 saturated heterocycles. The molecule has 230 valence electrons. The van der Waals surface area contributed by atoms with E-state index in [1.807, 2.05) is 6.07 Å². The molecule has 2 heterocycles. The van der Waals surface area contributed by atoms with E-state index in [1.54, 1.807) is 0 Å². The lowest BCUT2D eigenvalue weighted by Crippen LogP contribution is -2.63. The van der Waals surface area contributed by atoms with Crippen molar-refractivity contribution in [2.75, 3.05) is 31.1 Å². The van der Waals surface area contributed by atoms with E-state index in [0.717, 1.165) is 31.7 Å². The predicted octanol–water partition coefficient (Wildman–Crippen LogP) is 7.28. The molecule has 0 unspecified atom stereocenters. The maximum Gasteiger partial charge on any atom is 0.113 e. The zero-order valence-corrected chi connectivity index (χ0v) is 26.1. The highest BCUT2D eigenvalue weighted by molar-refractivity contribution is 5.53. The SMILES string of the molecule is Cc1ccccc1N1CC[C@H](CN2C[C@H](OCc3ccccc3)[C@@H](OCc3ccccc3)[C@H](OCc3ccccc3)[C@H]2C)C1. The standard InChI is InChI=1S/C39H46N2O3/c1-30-14-12-13-21-36(30)40-23-22-35(24-40)25-41-26-37(42-27-32-15-6-3-7-16-32)39(44-29-34-19-10-5-11-20-34)38(31(41)2)43-28-33-17-8-4-9-18-33/h3-21,31,35,37-39H,22-29H2,1-2H3/t31-,35+,37+,38-,39-/m1/s1. The highest BCUT2D eigenvalue weighted by Crippen LogP contribution is 2.32. The van der Waals surface area contributed by atoms with Gasteiger partial charge in [0, 0.05) is 37.9 Å². The van der Waals surface area contributed by atoms with Crippen LogP contribution in [-0.2, 0) is 34.0 Å². The largest absolute Gasteiger partial charge is 0.371 e. The number of hydrogen-bond acceptors (Lipinski definition) is 5. The average molecular weight is 591 g/mol. The number of aryl methyl sites for hydroxylation is 1. The highest BCUT2D eigenvalue weighted by Gasteiger charge is 2.45. The minimum Gasteiger partial charge on any atom is -0.371 e. The summed E-state index contributed by atoms with van der Waals surface area (Å²) in [6.45, 7) is 10.2. The fourth-order valence-electron chi connectivity index (χ4n) is 6.78. The van der Waals surface area contributed by atoms with Crippen LogP contribution in [0.25, 0.3) is 0 Å². The summed E-state index contributed by atoms with van der Waals surface area (Å²) in [7, 11) is 0. The lowest BCUT2D eigenvalue weighted by atomic mass is 9.92. The first-order valence-electron chi connectivity index (χ1n) is 16.2. The smallest absolute Gasteiger partial charge is 0.113 e. The molecule has 44 heavy (non-hydrogen) atoms. The van der Waals surface area contributed by atoms with Crippen LogP contribution in [-0.4, -0.2) is 55.4 Å². The molecule has 0 aromatic heterocycles. The summed E-state index contributed by atoms with van der Waals surface area (Å²) >= 11 is 0. The van der Waals surface area contributed by atoms with Gasteiger partial charge >= 0.3 is 0 Å². The third-order valence-corrected chi connectivity index (χ3v) is 9.27. The predicted molar refractivity (Wildman–Crippen MR) is 178 cm³/mol. The summed E-state index contributed by atoms with van der Waals surface area (Å²) in [6, 6.07) is 40.3. The van der Waals surface area contributed by atoms with E-state index in [9.17, 15) is 0 Å². The summed E-state index contributed by atoms with van der Waals surface area (Å²) in [4.78, 5) is 5.17. The van der Waals surface area contributed by atoms with E-state index in [1.165, 1.54) is 28.8 Å². The second-order valence-electron chi connectivity index (χ2n) is 12.4. The number of rotatable bonds is 12. The van der Waals surface area contributed by atoms with Crippen LogP contribution in [0.3, 0.4) is 0 Å². The van der Waals surface area contributed by atoms with Crippen molar-refractivity contribution in [3.63, 3.8) is 0 Å². The lowest BCUT2D eigenvalue weighted by molar-refractivity contribution is -0.201. The Bertz CT molecular complexity index is 1420. The lowest BCUT2D eigenvalue weighted by Gasteiger charge is -2.48. The van der Waals surface area contributed by atoms with Crippen molar-refractivity contribution >= 4 is 5.69 Å². The topological polar surface area (TPSA) is 34.2 Å². The van der Waals surface area contributed by atoms with Crippen LogP contribution in [0.2, 0.25) is 0 Å². The van der Waals surface area contributed by atoms with E-state index in [0.29, 0.717) is 25.7 Å². The maximum absolute atomic E-state index is 6.81. The third kappa shape index (κ3) is 7.77. The Morgan fingerprint density at radius 2 is 1.14 bits per heavy atom. The van der Waals surface area contributed by atoms with E-state index in [-0.39, 0.29) is 24.4 Å². The summed E-state index contributed by atoms with van der Waals surface area (Å²) in [5, 5.41) is 0. The molecule has 0 aliphatic carbocycles. The van der Waals surface area contributed by atoms with Gasteiger partial charge in [-0.25, -0.2) is 0 Å². The molecule has 5 heteroatoms. The normalized spacial score (nSPS) is 24.0. The molecule has 4 aromatic rings. The molecule has 5 nitrogen and oxygen atoms in total. The van der Waals surface area contributed by atoms with Gasteiger partial charge in [-0.3, -0.25) is 4.90 Å². The number of hydrogen-bond donors (Lipinski definition) is 0. The highest BCUT2D eigenvalue weighted by atomic mass is 16.6. The summed E-state index contributed by atoms with van der Waals surface area (Å²) in [5.41, 5.74) is 6.22. The van der Waals surface area contributed by atoms with Crippen molar-refractivity contribution in [1.29, 1.82) is 0 Å². The van der Waals surface area contributed by atoms with Crippen molar-refractivity contribution in [1.82, 2.24) is 4.90 Å². The molecule has 2 fully saturated rings. The van der Waals surface area contributed by atoms with E-state index < -0.39 is 0 Å². The van der Waals surface area contributed by atoms with Crippen molar-refractivity contribution in [2.24, 2.45) is 5.92 Å². The van der Waals surface area contributed by atoms with Gasteiger partial charge in [0.2, 0.25) is 0 Å². The molecule has 0 saturated carbocycles. The van der Waals surface area contributed by atoms with Crippen LogP contribution in [0.15, 0.2) is 115 Å². The van der Waals surface area contributed by atoms with Gasteiger partial charge < -0.3 is 19.1 Å². The van der Waals surface area contributed by atoms with Crippen molar-refractivity contribution in [2.45, 2.75) is 64.4 Å². The average Bonchev–Trinajstić information content (AvgIpc) is 3.53. The summed E-state index contributed by atoms with van der Waals surface area (Å²) < 4.78 is 20.3. The van der Waals surface area contributed by atoms with Crippen LogP contribution in [0, 0.1) is 12.8 Å². The van der Waals surface area contributed by atoms with Crippen LogP contribution >= 0.6 is 0 Å². The molecule has 4 aromatic carbocycles. The fraction of sp³-hybridized carbons (Fsp3) is 0.385. The van der Waals surface area contributed by atoms with Gasteiger partial charge in [0.1, 0.15) is 12.2 Å². The zero-order chi connectivity index (χ0) is 30.1. The Morgan fingerprint density at radius 1 is 0.614 bits per heavy atom. The number of anilines is 1. The molecule has 5 atom stereocenters. The van der Waals surface area contributed by atoms with Gasteiger partial charge in [-0.15, -0.1) is 0 Å². The van der Waals surface area contributed by atoms with Gasteiger partial charge in [0.05, 0.1) is 25.9 Å². The number of benzene rings is 4. The molecule has 0 radical (unpaired) electrons. The van der Waals surface area contributed by atoms with Gasteiger partial charge in [-0.2, -0.15) is 0 Å². The van der Waals surface area contributed by atoms with Crippen molar-refractivity contribution in [3.05, 3.63) is 138 Å². The first-order chi connectivity index (χ1) is 21.6. The first-order valence-corrected chi connectivity index (χ1v) is 16.2. The van der Waals surface area contributed by atoms with E-state index in [2.05, 4.69) is 133 Å². The van der Waals surface area contributed by atoms with E-state index >= 15 is 0 Å². The van der Waals surface area contributed by atoms with Gasteiger partial charge in [0.25, 0.3) is 0 Å². The monoisotopic (exact) mass is 590 g/mol. The Morgan fingerprint density at radius 3 is 1.73 bits per heavy atom. The fourth-order valence-corrected chi connectivity index (χ4v) is 6.78. The molecule has 0 spiro atoms. The maximum atomic E-state index is 6.81.